The van der Waals surface area contributed by atoms with Crippen molar-refractivity contribution in [2.24, 2.45) is 5.41 Å². The van der Waals surface area contributed by atoms with Crippen LogP contribution in [0.15, 0.2) is 48.5 Å². The zero-order valence-electron chi connectivity index (χ0n) is 16.6. The van der Waals surface area contributed by atoms with Crippen LogP contribution in [-0.4, -0.2) is 30.2 Å². The summed E-state index contributed by atoms with van der Waals surface area (Å²) in [6.45, 7) is 0.662. The van der Waals surface area contributed by atoms with E-state index in [1.165, 1.54) is 0 Å². The van der Waals surface area contributed by atoms with Gasteiger partial charge in [-0.15, -0.1) is 0 Å². The van der Waals surface area contributed by atoms with Crippen LogP contribution in [-0.2, 0) is 15.1 Å². The third-order valence-electron chi connectivity index (χ3n) is 7.41. The molecule has 3 aliphatic rings. The summed E-state index contributed by atoms with van der Waals surface area (Å²) in [6.07, 6.45) is 4.15. The van der Waals surface area contributed by atoms with Crippen LogP contribution >= 0.6 is 11.6 Å². The lowest BCUT2D eigenvalue weighted by Gasteiger charge is -2.45. The van der Waals surface area contributed by atoms with Crippen molar-refractivity contribution in [2.75, 3.05) is 18.9 Å². The smallest absolute Gasteiger partial charge is 0.250 e. The number of para-hydroxylation sites is 1. The fourth-order valence-electron chi connectivity index (χ4n) is 6.29. The number of amides is 1. The van der Waals surface area contributed by atoms with Crippen molar-refractivity contribution in [3.63, 3.8) is 0 Å². The molecule has 2 spiro atoms. The summed E-state index contributed by atoms with van der Waals surface area (Å²) in [4.78, 5) is 29.8. The summed E-state index contributed by atoms with van der Waals surface area (Å²) >= 11 is 6.15. The van der Waals surface area contributed by atoms with E-state index in [-0.39, 0.29) is 17.6 Å². The molecule has 1 aliphatic carbocycles. The molecule has 29 heavy (non-hydrogen) atoms. The van der Waals surface area contributed by atoms with Gasteiger partial charge in [0.25, 0.3) is 5.91 Å². The van der Waals surface area contributed by atoms with E-state index in [0.717, 1.165) is 42.5 Å². The van der Waals surface area contributed by atoms with Gasteiger partial charge in [-0.25, -0.2) is 0 Å². The summed E-state index contributed by atoms with van der Waals surface area (Å²) in [6, 6.07) is 15.7. The highest BCUT2D eigenvalue weighted by molar-refractivity contribution is 6.30. The summed E-state index contributed by atoms with van der Waals surface area (Å²) in [5, 5.41) is 3.78. The van der Waals surface area contributed by atoms with Gasteiger partial charge in [-0.3, -0.25) is 14.5 Å². The summed E-state index contributed by atoms with van der Waals surface area (Å²) < 4.78 is 0. The number of Topliss-reactive ketones (excluding diaryl/α,β-unsaturated/α-hetero) is 1. The predicted octanol–water partition coefficient (Wildman–Crippen LogP) is 4.74. The Morgan fingerprint density at radius 3 is 2.59 bits per heavy atom. The van der Waals surface area contributed by atoms with E-state index < -0.39 is 11.0 Å². The number of fused-ring (bicyclic) bond motifs is 3. The molecule has 2 aromatic carbocycles. The van der Waals surface area contributed by atoms with E-state index in [2.05, 4.69) is 10.2 Å². The lowest BCUT2D eigenvalue weighted by atomic mass is 9.57. The third-order valence-corrected chi connectivity index (χ3v) is 7.66. The average Bonchev–Trinajstić information content (AvgIpc) is 3.07. The Labute approximate surface area is 176 Å². The van der Waals surface area contributed by atoms with Crippen LogP contribution < -0.4 is 5.32 Å². The maximum Gasteiger partial charge on any atom is 0.250 e. The molecular formula is C24H25ClN2O2. The molecule has 2 heterocycles. The first kappa shape index (κ1) is 18.8. The van der Waals surface area contributed by atoms with Crippen molar-refractivity contribution < 1.29 is 9.59 Å². The van der Waals surface area contributed by atoms with Crippen molar-refractivity contribution in [3.8, 4) is 0 Å². The largest absolute Gasteiger partial charge is 0.324 e. The van der Waals surface area contributed by atoms with Gasteiger partial charge in [-0.05, 0) is 43.7 Å². The molecule has 5 heteroatoms. The number of carbonyl (C=O) groups is 2. The molecular weight excluding hydrogens is 384 g/mol. The van der Waals surface area contributed by atoms with Crippen LogP contribution in [0.5, 0.6) is 0 Å². The van der Waals surface area contributed by atoms with Gasteiger partial charge in [0, 0.05) is 35.2 Å². The SMILES string of the molecule is CN1C[C@H](c2ccc(Cl)cc2)[C@@]2(CCCCCC2=O)[C@]12C(=O)Nc1ccccc12. The monoisotopic (exact) mass is 408 g/mol. The van der Waals surface area contributed by atoms with E-state index in [1.54, 1.807) is 0 Å². The first-order valence-corrected chi connectivity index (χ1v) is 10.8. The lowest BCUT2D eigenvalue weighted by Crippen LogP contribution is -2.58. The van der Waals surface area contributed by atoms with Crippen LogP contribution in [0.3, 0.4) is 0 Å². The fourth-order valence-corrected chi connectivity index (χ4v) is 6.41. The minimum atomic E-state index is -0.963. The van der Waals surface area contributed by atoms with Crippen molar-refractivity contribution in [1.82, 2.24) is 4.90 Å². The standard InChI is InChI=1S/C24H25ClN2O2/c1-27-15-19(16-10-12-17(25)13-11-16)23(14-6-2-3-9-21(23)28)24(27)18-7-4-5-8-20(18)26-22(24)29/h4-5,7-8,10-13,19H,2-3,6,9,14-15H2,1H3,(H,26,29)/t19-,23-,24+/m1/s1. The number of nitrogens with zero attached hydrogens (tertiary/aromatic N) is 1. The quantitative estimate of drug-likeness (QED) is 0.741. The van der Waals surface area contributed by atoms with Gasteiger partial charge >= 0.3 is 0 Å². The summed E-state index contributed by atoms with van der Waals surface area (Å²) in [5.41, 5.74) is 1.13. The van der Waals surface area contributed by atoms with Gasteiger partial charge in [-0.1, -0.05) is 54.8 Å². The van der Waals surface area contributed by atoms with Crippen molar-refractivity contribution >= 4 is 29.0 Å². The molecule has 0 radical (unpaired) electrons. The lowest BCUT2D eigenvalue weighted by molar-refractivity contribution is -0.145. The van der Waals surface area contributed by atoms with Gasteiger partial charge in [0.15, 0.2) is 0 Å². The third kappa shape index (κ3) is 2.36. The van der Waals surface area contributed by atoms with E-state index in [9.17, 15) is 9.59 Å². The molecule has 3 atom stereocenters. The Hall–Kier alpha value is -2.17. The highest BCUT2D eigenvalue weighted by Gasteiger charge is 2.72. The number of rotatable bonds is 1. The second-order valence-electron chi connectivity index (χ2n) is 8.65. The Morgan fingerprint density at radius 2 is 1.79 bits per heavy atom. The normalized spacial score (nSPS) is 31.9. The molecule has 1 N–H and O–H groups in total. The zero-order chi connectivity index (χ0) is 20.2. The molecule has 0 bridgehead atoms. The molecule has 2 aromatic rings. The van der Waals surface area contributed by atoms with E-state index >= 15 is 0 Å². The van der Waals surface area contributed by atoms with Crippen LogP contribution in [0.2, 0.25) is 5.02 Å². The topological polar surface area (TPSA) is 49.4 Å². The minimum Gasteiger partial charge on any atom is -0.324 e. The average molecular weight is 409 g/mol. The Kier molecular flexibility index (Phi) is 4.34. The predicted molar refractivity (Wildman–Crippen MR) is 114 cm³/mol. The van der Waals surface area contributed by atoms with E-state index in [0.29, 0.717) is 18.0 Å². The Balaban J connectivity index is 1.80. The highest BCUT2D eigenvalue weighted by Crippen LogP contribution is 2.65. The first-order valence-electron chi connectivity index (χ1n) is 10.4. The number of likely N-dealkylation sites (tertiary alicyclic amines) is 1. The maximum atomic E-state index is 13.9. The Morgan fingerprint density at radius 1 is 1.03 bits per heavy atom. The van der Waals surface area contributed by atoms with Gasteiger partial charge in [0.2, 0.25) is 0 Å². The number of anilines is 1. The molecule has 0 unspecified atom stereocenters. The molecule has 1 saturated heterocycles. The molecule has 2 fully saturated rings. The maximum absolute atomic E-state index is 13.9. The molecule has 1 saturated carbocycles. The molecule has 2 aliphatic heterocycles. The molecule has 0 aromatic heterocycles. The number of likely N-dealkylation sites (N-methyl/N-ethyl adjacent to an activating group) is 1. The molecule has 5 rings (SSSR count). The first-order chi connectivity index (χ1) is 14.0. The van der Waals surface area contributed by atoms with Crippen LogP contribution in [0.1, 0.15) is 49.1 Å². The number of ketones is 1. The highest BCUT2D eigenvalue weighted by atomic mass is 35.5. The minimum absolute atomic E-state index is 0.0488. The Bertz CT molecular complexity index is 989. The number of carbonyl (C=O) groups excluding carboxylic acids is 2. The number of halogens is 1. The van der Waals surface area contributed by atoms with Gasteiger partial charge in [0.1, 0.15) is 11.3 Å². The number of benzene rings is 2. The number of hydrogen-bond acceptors (Lipinski definition) is 3. The van der Waals surface area contributed by atoms with Crippen LogP contribution in [0.25, 0.3) is 0 Å². The van der Waals surface area contributed by atoms with Crippen molar-refractivity contribution in [2.45, 2.75) is 43.6 Å². The van der Waals surface area contributed by atoms with Gasteiger partial charge in [-0.2, -0.15) is 0 Å². The second kappa shape index (κ2) is 6.68. The molecule has 150 valence electrons. The van der Waals surface area contributed by atoms with Crippen molar-refractivity contribution in [3.05, 3.63) is 64.7 Å². The van der Waals surface area contributed by atoms with Gasteiger partial charge < -0.3 is 5.32 Å². The van der Waals surface area contributed by atoms with Gasteiger partial charge in [0.05, 0.1) is 5.41 Å². The van der Waals surface area contributed by atoms with E-state index in [4.69, 9.17) is 11.6 Å². The zero-order valence-corrected chi connectivity index (χ0v) is 17.3. The van der Waals surface area contributed by atoms with E-state index in [1.807, 2.05) is 55.6 Å². The van der Waals surface area contributed by atoms with Crippen LogP contribution in [0.4, 0.5) is 5.69 Å². The van der Waals surface area contributed by atoms with Crippen LogP contribution in [0, 0.1) is 5.41 Å². The molecule has 1 amide bonds. The summed E-state index contributed by atoms with van der Waals surface area (Å²) in [7, 11) is 2.00. The summed E-state index contributed by atoms with van der Waals surface area (Å²) in [5.74, 6) is 0.117. The molecule has 4 nitrogen and oxygen atoms in total. The number of hydrogen-bond donors (Lipinski definition) is 1. The second-order valence-corrected chi connectivity index (χ2v) is 9.09. The van der Waals surface area contributed by atoms with Crippen molar-refractivity contribution in [1.29, 1.82) is 0 Å². The number of nitrogens with one attached hydrogen (secondary N) is 1. The fraction of sp³-hybridized carbons (Fsp3) is 0.417.